The summed E-state index contributed by atoms with van der Waals surface area (Å²) in [5.74, 6) is 0.542. The van der Waals surface area contributed by atoms with Crippen molar-refractivity contribution < 1.29 is 14.6 Å². The Balaban J connectivity index is 1.98. The van der Waals surface area contributed by atoms with Crippen LogP contribution in [0, 0.1) is 5.92 Å². The third-order valence-corrected chi connectivity index (χ3v) is 3.93. The van der Waals surface area contributed by atoms with Gasteiger partial charge in [0.25, 0.3) is 0 Å². The number of aliphatic hydroxyl groups excluding tert-OH is 1. The van der Waals surface area contributed by atoms with E-state index in [1.807, 2.05) is 24.3 Å². The quantitative estimate of drug-likeness (QED) is 0.813. The van der Waals surface area contributed by atoms with Crippen molar-refractivity contribution in [2.24, 2.45) is 5.92 Å². The lowest BCUT2D eigenvalue weighted by molar-refractivity contribution is 0.181. The van der Waals surface area contributed by atoms with Crippen LogP contribution in [-0.2, 0) is 4.74 Å². The van der Waals surface area contributed by atoms with Crippen LogP contribution in [0.25, 0.3) is 0 Å². The number of carbonyl (C=O) groups excluding carboxylic acids is 1. The van der Waals surface area contributed by atoms with Gasteiger partial charge in [0, 0.05) is 17.8 Å². The first-order chi connectivity index (χ1) is 10.5. The Hall–Kier alpha value is -1.59. The highest BCUT2D eigenvalue weighted by molar-refractivity contribution is 5.89. The third kappa shape index (κ3) is 4.21. The van der Waals surface area contributed by atoms with Crippen LogP contribution in [0.4, 0.5) is 10.5 Å². The second-order valence-corrected chi connectivity index (χ2v) is 6.25. The number of nitrogens with zero attached hydrogens (tertiary/aromatic N) is 1. The number of rotatable bonds is 7. The second kappa shape index (κ2) is 7.61. The summed E-state index contributed by atoms with van der Waals surface area (Å²) < 4.78 is 4.95. The van der Waals surface area contributed by atoms with Gasteiger partial charge in [-0.25, -0.2) is 4.79 Å². The first-order valence-corrected chi connectivity index (χ1v) is 7.92. The predicted octanol–water partition coefficient (Wildman–Crippen LogP) is 2.70. The molecule has 122 valence electrons. The number of anilines is 1. The van der Waals surface area contributed by atoms with Crippen LogP contribution < -0.4 is 10.2 Å². The Kier molecular flexibility index (Phi) is 5.80. The summed E-state index contributed by atoms with van der Waals surface area (Å²) in [5.41, 5.74) is 2.00. The lowest BCUT2D eigenvalue weighted by atomic mass is 10.0. The van der Waals surface area contributed by atoms with Crippen molar-refractivity contribution in [3.05, 3.63) is 29.8 Å². The fourth-order valence-corrected chi connectivity index (χ4v) is 2.78. The van der Waals surface area contributed by atoms with E-state index in [0.29, 0.717) is 19.1 Å². The molecule has 1 fully saturated rings. The summed E-state index contributed by atoms with van der Waals surface area (Å²) in [4.78, 5) is 13.2. The Morgan fingerprint density at radius 2 is 1.95 bits per heavy atom. The number of cyclic esters (lactones) is 1. The molecule has 5 nitrogen and oxygen atoms in total. The van der Waals surface area contributed by atoms with Crippen LogP contribution in [0.15, 0.2) is 24.3 Å². The predicted molar refractivity (Wildman–Crippen MR) is 87.0 cm³/mol. The number of hydrogen-bond acceptors (Lipinski definition) is 4. The molecular weight excluding hydrogens is 280 g/mol. The lowest BCUT2D eigenvalue weighted by Gasteiger charge is -2.24. The van der Waals surface area contributed by atoms with E-state index in [-0.39, 0.29) is 24.8 Å². The molecule has 5 heteroatoms. The number of benzene rings is 1. The van der Waals surface area contributed by atoms with E-state index in [0.717, 1.165) is 17.7 Å². The van der Waals surface area contributed by atoms with E-state index < -0.39 is 0 Å². The van der Waals surface area contributed by atoms with Crippen molar-refractivity contribution >= 4 is 11.8 Å². The molecule has 1 aromatic carbocycles. The number of aliphatic hydroxyl groups is 1. The molecule has 1 saturated heterocycles. The molecule has 0 aromatic heterocycles. The zero-order chi connectivity index (χ0) is 16.1. The van der Waals surface area contributed by atoms with Gasteiger partial charge in [-0.05, 0) is 37.0 Å². The number of amides is 1. The van der Waals surface area contributed by atoms with E-state index in [9.17, 15) is 9.90 Å². The lowest BCUT2D eigenvalue weighted by Crippen LogP contribution is -2.35. The van der Waals surface area contributed by atoms with Gasteiger partial charge in [-0.3, -0.25) is 4.90 Å². The maximum Gasteiger partial charge on any atom is 0.414 e. The molecule has 1 aliphatic heterocycles. The molecule has 22 heavy (non-hydrogen) atoms. The molecule has 0 aliphatic carbocycles. The molecule has 0 radical (unpaired) electrons. The minimum Gasteiger partial charge on any atom is -0.447 e. The van der Waals surface area contributed by atoms with Crippen LogP contribution >= 0.6 is 0 Å². The van der Waals surface area contributed by atoms with Crippen LogP contribution in [0.2, 0.25) is 0 Å². The summed E-state index contributed by atoms with van der Waals surface area (Å²) >= 11 is 0. The highest BCUT2D eigenvalue weighted by Crippen LogP contribution is 2.22. The standard InChI is InChI=1S/C17H26N2O3/c1-12(2)10-15(11-20)18-13(3)14-4-6-16(7-5-14)19-8-9-22-17(19)21/h4-7,12-13,15,18,20H,8-11H2,1-3H3. The van der Waals surface area contributed by atoms with Crippen LogP contribution in [-0.4, -0.2) is 37.0 Å². The number of carbonyl (C=O) groups is 1. The molecule has 2 unspecified atom stereocenters. The van der Waals surface area contributed by atoms with Crippen molar-refractivity contribution in [3.8, 4) is 0 Å². The van der Waals surface area contributed by atoms with Crippen molar-refractivity contribution in [3.63, 3.8) is 0 Å². The SMILES string of the molecule is CC(C)CC(CO)NC(C)c1ccc(N2CCOC2=O)cc1. The van der Waals surface area contributed by atoms with Crippen molar-refractivity contribution in [2.75, 3.05) is 24.7 Å². The van der Waals surface area contributed by atoms with Gasteiger partial charge in [-0.1, -0.05) is 26.0 Å². The van der Waals surface area contributed by atoms with Gasteiger partial charge >= 0.3 is 6.09 Å². The molecule has 1 heterocycles. The fraction of sp³-hybridized carbons (Fsp3) is 0.588. The molecule has 1 amide bonds. The van der Waals surface area contributed by atoms with Gasteiger partial charge in [-0.2, -0.15) is 0 Å². The summed E-state index contributed by atoms with van der Waals surface area (Å²) in [6.07, 6.45) is 0.662. The van der Waals surface area contributed by atoms with E-state index in [1.54, 1.807) is 4.90 Å². The molecule has 2 rings (SSSR count). The summed E-state index contributed by atoms with van der Waals surface area (Å²) in [5, 5.41) is 12.9. The second-order valence-electron chi connectivity index (χ2n) is 6.25. The maximum absolute atomic E-state index is 11.5. The first-order valence-electron chi connectivity index (χ1n) is 7.92. The molecule has 2 atom stereocenters. The minimum absolute atomic E-state index is 0.100. The maximum atomic E-state index is 11.5. The Labute approximate surface area is 132 Å². The van der Waals surface area contributed by atoms with E-state index in [1.165, 1.54) is 0 Å². The van der Waals surface area contributed by atoms with Crippen molar-refractivity contribution in [1.29, 1.82) is 0 Å². The monoisotopic (exact) mass is 306 g/mol. The van der Waals surface area contributed by atoms with Gasteiger partial charge < -0.3 is 15.2 Å². The molecule has 0 bridgehead atoms. The van der Waals surface area contributed by atoms with Gasteiger partial charge in [0.1, 0.15) is 6.61 Å². The summed E-state index contributed by atoms with van der Waals surface area (Å²) in [6.45, 7) is 7.58. The summed E-state index contributed by atoms with van der Waals surface area (Å²) in [7, 11) is 0. The van der Waals surface area contributed by atoms with Crippen LogP contribution in [0.5, 0.6) is 0 Å². The number of nitrogens with one attached hydrogen (secondary N) is 1. The van der Waals surface area contributed by atoms with Gasteiger partial charge in [0.15, 0.2) is 0 Å². The Morgan fingerprint density at radius 3 is 2.45 bits per heavy atom. The molecule has 1 aliphatic rings. The normalized spacial score (nSPS) is 17.7. The van der Waals surface area contributed by atoms with Gasteiger partial charge in [0.05, 0.1) is 13.2 Å². The molecule has 0 saturated carbocycles. The Morgan fingerprint density at radius 1 is 1.27 bits per heavy atom. The van der Waals surface area contributed by atoms with E-state index in [2.05, 4.69) is 26.1 Å². The van der Waals surface area contributed by atoms with E-state index in [4.69, 9.17) is 4.74 Å². The number of ether oxygens (including phenoxy) is 1. The van der Waals surface area contributed by atoms with Crippen LogP contribution in [0.3, 0.4) is 0 Å². The fourth-order valence-electron chi connectivity index (χ4n) is 2.78. The number of hydrogen-bond donors (Lipinski definition) is 2. The molecule has 1 aromatic rings. The molecule has 0 spiro atoms. The van der Waals surface area contributed by atoms with Gasteiger partial charge in [0.2, 0.25) is 0 Å². The van der Waals surface area contributed by atoms with Gasteiger partial charge in [-0.15, -0.1) is 0 Å². The van der Waals surface area contributed by atoms with Crippen LogP contribution in [0.1, 0.15) is 38.8 Å². The minimum atomic E-state index is -0.281. The van der Waals surface area contributed by atoms with Crippen molar-refractivity contribution in [2.45, 2.75) is 39.3 Å². The molecular formula is C17H26N2O3. The average molecular weight is 306 g/mol. The molecule has 2 N–H and O–H groups in total. The smallest absolute Gasteiger partial charge is 0.414 e. The topological polar surface area (TPSA) is 61.8 Å². The Bertz CT molecular complexity index is 487. The summed E-state index contributed by atoms with van der Waals surface area (Å²) in [6, 6.07) is 8.16. The third-order valence-electron chi connectivity index (χ3n) is 3.93. The highest BCUT2D eigenvalue weighted by Gasteiger charge is 2.23. The van der Waals surface area contributed by atoms with E-state index >= 15 is 0 Å². The highest BCUT2D eigenvalue weighted by atomic mass is 16.6. The average Bonchev–Trinajstić information content (AvgIpc) is 2.92. The zero-order valence-electron chi connectivity index (χ0n) is 13.6. The first kappa shape index (κ1) is 16.8. The zero-order valence-corrected chi connectivity index (χ0v) is 13.6. The van der Waals surface area contributed by atoms with Crippen molar-refractivity contribution in [1.82, 2.24) is 5.32 Å². The largest absolute Gasteiger partial charge is 0.447 e.